The molecule has 0 unspecified atom stereocenters. The minimum absolute atomic E-state index is 0.234. The SMILES string of the molecule is CC[C@H]1CN(CC(=O)N2c3ccccc3C[C@H]2C)CCN1CCOC. The Morgan fingerprint density at radius 2 is 2.08 bits per heavy atom. The number of carbonyl (C=O) groups is 1. The number of piperazine rings is 1. The lowest BCUT2D eigenvalue weighted by atomic mass is 10.1. The van der Waals surface area contributed by atoms with Crippen LogP contribution in [0.1, 0.15) is 25.8 Å². The van der Waals surface area contributed by atoms with Crippen LogP contribution in [-0.2, 0) is 16.0 Å². The van der Waals surface area contributed by atoms with Crippen molar-refractivity contribution in [1.82, 2.24) is 9.80 Å². The lowest BCUT2D eigenvalue weighted by Gasteiger charge is -2.41. The van der Waals surface area contributed by atoms with E-state index in [0.29, 0.717) is 12.6 Å². The van der Waals surface area contributed by atoms with Gasteiger partial charge in [0.15, 0.2) is 0 Å². The summed E-state index contributed by atoms with van der Waals surface area (Å²) in [5, 5.41) is 0. The molecule has 2 heterocycles. The van der Waals surface area contributed by atoms with Gasteiger partial charge in [0.05, 0.1) is 13.2 Å². The van der Waals surface area contributed by atoms with Crippen LogP contribution in [-0.4, -0.2) is 74.2 Å². The van der Waals surface area contributed by atoms with Crippen molar-refractivity contribution in [2.45, 2.75) is 38.8 Å². The van der Waals surface area contributed by atoms with Gasteiger partial charge in [-0.15, -0.1) is 0 Å². The molecule has 5 heteroatoms. The molecule has 1 aromatic rings. The fourth-order valence-corrected chi connectivity index (χ4v) is 4.20. The highest BCUT2D eigenvalue weighted by Crippen LogP contribution is 2.32. The first-order valence-corrected chi connectivity index (χ1v) is 9.49. The van der Waals surface area contributed by atoms with Gasteiger partial charge in [-0.05, 0) is 31.4 Å². The molecule has 0 aromatic heterocycles. The topological polar surface area (TPSA) is 36.0 Å². The number of para-hydroxylation sites is 1. The van der Waals surface area contributed by atoms with Crippen LogP contribution in [0.3, 0.4) is 0 Å². The maximum Gasteiger partial charge on any atom is 0.241 e. The molecule has 1 aromatic carbocycles. The minimum atomic E-state index is 0.234. The normalized spacial score (nSPS) is 24.5. The molecule has 25 heavy (non-hydrogen) atoms. The van der Waals surface area contributed by atoms with E-state index >= 15 is 0 Å². The summed E-state index contributed by atoms with van der Waals surface area (Å²) in [5.74, 6) is 0.234. The second kappa shape index (κ2) is 8.30. The van der Waals surface area contributed by atoms with Crippen molar-refractivity contribution in [3.05, 3.63) is 29.8 Å². The number of methoxy groups -OCH3 is 1. The predicted octanol–water partition coefficient (Wildman–Crippen LogP) is 2.01. The fourth-order valence-electron chi connectivity index (χ4n) is 4.20. The average Bonchev–Trinajstić information content (AvgIpc) is 2.96. The summed E-state index contributed by atoms with van der Waals surface area (Å²) < 4.78 is 5.23. The second-order valence-electron chi connectivity index (χ2n) is 7.27. The van der Waals surface area contributed by atoms with Gasteiger partial charge in [0.2, 0.25) is 5.91 Å². The average molecular weight is 345 g/mol. The highest BCUT2D eigenvalue weighted by atomic mass is 16.5. The van der Waals surface area contributed by atoms with Crippen molar-refractivity contribution >= 4 is 11.6 Å². The number of hydrogen-bond acceptors (Lipinski definition) is 4. The predicted molar refractivity (Wildman–Crippen MR) is 101 cm³/mol. The molecule has 0 saturated carbocycles. The Balaban J connectivity index is 1.60. The van der Waals surface area contributed by atoms with Gasteiger partial charge in [-0.2, -0.15) is 0 Å². The monoisotopic (exact) mass is 345 g/mol. The molecular formula is C20H31N3O2. The molecule has 0 N–H and O–H groups in total. The van der Waals surface area contributed by atoms with E-state index in [4.69, 9.17) is 4.74 Å². The van der Waals surface area contributed by atoms with Gasteiger partial charge in [-0.25, -0.2) is 0 Å². The van der Waals surface area contributed by atoms with E-state index in [2.05, 4.69) is 41.8 Å². The molecule has 2 aliphatic heterocycles. The Hall–Kier alpha value is -1.43. The fraction of sp³-hybridized carbons (Fsp3) is 0.650. The third-order valence-corrected chi connectivity index (χ3v) is 5.58. The lowest BCUT2D eigenvalue weighted by molar-refractivity contribution is -0.120. The molecule has 0 spiro atoms. The molecule has 3 rings (SSSR count). The highest BCUT2D eigenvalue weighted by Gasteiger charge is 2.33. The molecule has 2 aliphatic rings. The molecule has 2 atom stereocenters. The summed E-state index contributed by atoms with van der Waals surface area (Å²) in [6.45, 7) is 9.59. The molecule has 1 saturated heterocycles. The maximum atomic E-state index is 13.0. The second-order valence-corrected chi connectivity index (χ2v) is 7.27. The van der Waals surface area contributed by atoms with Crippen molar-refractivity contribution in [2.24, 2.45) is 0 Å². The van der Waals surface area contributed by atoms with Gasteiger partial charge in [0.25, 0.3) is 0 Å². The van der Waals surface area contributed by atoms with Gasteiger partial charge >= 0.3 is 0 Å². The molecule has 1 amide bonds. The molecule has 1 fully saturated rings. The van der Waals surface area contributed by atoms with Gasteiger partial charge < -0.3 is 9.64 Å². The first-order valence-electron chi connectivity index (χ1n) is 9.49. The number of anilines is 1. The third kappa shape index (κ3) is 4.05. The first-order chi connectivity index (χ1) is 12.1. The van der Waals surface area contributed by atoms with Gasteiger partial charge in [0, 0.05) is 51.1 Å². The van der Waals surface area contributed by atoms with Crippen LogP contribution >= 0.6 is 0 Å². The van der Waals surface area contributed by atoms with Crippen molar-refractivity contribution in [1.29, 1.82) is 0 Å². The van der Waals surface area contributed by atoms with Crippen LogP contribution in [0.4, 0.5) is 5.69 Å². The smallest absolute Gasteiger partial charge is 0.241 e. The molecule has 0 radical (unpaired) electrons. The Morgan fingerprint density at radius 3 is 2.84 bits per heavy atom. The van der Waals surface area contributed by atoms with E-state index in [0.717, 1.165) is 51.3 Å². The Kier molecular flexibility index (Phi) is 6.10. The standard InChI is InChI=1S/C20H31N3O2/c1-4-18-14-21(9-10-22(18)11-12-25-3)15-20(24)23-16(2)13-17-7-5-6-8-19(17)23/h5-8,16,18H,4,9-15H2,1-3H3/t16-,18+/m1/s1. The van der Waals surface area contributed by atoms with Gasteiger partial charge in [0.1, 0.15) is 0 Å². The van der Waals surface area contributed by atoms with E-state index in [1.807, 2.05) is 11.0 Å². The van der Waals surface area contributed by atoms with E-state index in [1.165, 1.54) is 5.56 Å². The van der Waals surface area contributed by atoms with Crippen LogP contribution in [0, 0.1) is 0 Å². The summed E-state index contributed by atoms with van der Waals surface area (Å²) >= 11 is 0. The molecule has 0 aliphatic carbocycles. The van der Waals surface area contributed by atoms with E-state index in [9.17, 15) is 4.79 Å². The van der Waals surface area contributed by atoms with E-state index in [1.54, 1.807) is 7.11 Å². The number of ether oxygens (including phenoxy) is 1. The zero-order chi connectivity index (χ0) is 17.8. The molecule has 138 valence electrons. The van der Waals surface area contributed by atoms with Crippen LogP contribution in [0.2, 0.25) is 0 Å². The maximum absolute atomic E-state index is 13.0. The molecule has 5 nitrogen and oxygen atoms in total. The van der Waals surface area contributed by atoms with E-state index in [-0.39, 0.29) is 11.9 Å². The summed E-state index contributed by atoms with van der Waals surface area (Å²) in [7, 11) is 1.75. The number of nitrogens with zero attached hydrogens (tertiary/aromatic N) is 3. The minimum Gasteiger partial charge on any atom is -0.383 e. The zero-order valence-corrected chi connectivity index (χ0v) is 15.8. The zero-order valence-electron chi connectivity index (χ0n) is 15.8. The Labute approximate surface area is 151 Å². The lowest BCUT2D eigenvalue weighted by Crippen LogP contribution is -2.56. The number of rotatable bonds is 6. The van der Waals surface area contributed by atoms with Crippen molar-refractivity contribution in [3.8, 4) is 0 Å². The van der Waals surface area contributed by atoms with Crippen LogP contribution < -0.4 is 4.90 Å². The number of carbonyl (C=O) groups excluding carboxylic acids is 1. The Morgan fingerprint density at radius 1 is 1.28 bits per heavy atom. The van der Waals surface area contributed by atoms with Crippen molar-refractivity contribution in [2.75, 3.05) is 51.3 Å². The first kappa shape index (κ1) is 18.4. The molecule has 0 bridgehead atoms. The molecular weight excluding hydrogens is 314 g/mol. The van der Waals surface area contributed by atoms with Crippen LogP contribution in [0.15, 0.2) is 24.3 Å². The van der Waals surface area contributed by atoms with Crippen LogP contribution in [0.5, 0.6) is 0 Å². The number of benzene rings is 1. The number of amides is 1. The quantitative estimate of drug-likeness (QED) is 0.790. The van der Waals surface area contributed by atoms with Crippen molar-refractivity contribution in [3.63, 3.8) is 0 Å². The summed E-state index contributed by atoms with van der Waals surface area (Å²) in [6, 6.07) is 9.08. The van der Waals surface area contributed by atoms with Crippen LogP contribution in [0.25, 0.3) is 0 Å². The summed E-state index contributed by atoms with van der Waals surface area (Å²) in [6.07, 6.45) is 2.07. The van der Waals surface area contributed by atoms with Gasteiger partial charge in [-0.3, -0.25) is 14.6 Å². The van der Waals surface area contributed by atoms with Crippen molar-refractivity contribution < 1.29 is 9.53 Å². The summed E-state index contributed by atoms with van der Waals surface area (Å²) in [4.78, 5) is 19.8. The highest BCUT2D eigenvalue weighted by molar-refractivity contribution is 5.97. The van der Waals surface area contributed by atoms with Gasteiger partial charge in [-0.1, -0.05) is 25.1 Å². The van der Waals surface area contributed by atoms with E-state index < -0.39 is 0 Å². The Bertz CT molecular complexity index is 592. The number of fused-ring (bicyclic) bond motifs is 1. The number of hydrogen-bond donors (Lipinski definition) is 0. The third-order valence-electron chi connectivity index (χ3n) is 5.58. The summed E-state index contributed by atoms with van der Waals surface area (Å²) in [5.41, 5.74) is 2.39. The largest absolute Gasteiger partial charge is 0.383 e.